The Hall–Kier alpha value is -1.44. The predicted octanol–water partition coefficient (Wildman–Crippen LogP) is 2.63. The topological polar surface area (TPSA) is 83.9 Å². The van der Waals surface area contributed by atoms with Crippen LogP contribution in [0.5, 0.6) is 0 Å². The van der Waals surface area contributed by atoms with Crippen LogP contribution in [0.25, 0.3) is 0 Å². The monoisotopic (exact) mass is 395 g/mol. The maximum absolute atomic E-state index is 13.5. The summed E-state index contributed by atoms with van der Waals surface area (Å²) in [5.41, 5.74) is 0.304. The quantitative estimate of drug-likeness (QED) is 0.793. The van der Waals surface area contributed by atoms with Gasteiger partial charge in [0.05, 0.1) is 17.6 Å². The molecule has 1 aromatic carbocycles. The van der Waals surface area contributed by atoms with Crippen LogP contribution in [0.3, 0.4) is 0 Å². The zero-order valence-electron chi connectivity index (χ0n) is 16.2. The normalized spacial score (nSPS) is 31.9. The van der Waals surface area contributed by atoms with Crippen LogP contribution < -0.4 is 0 Å². The van der Waals surface area contributed by atoms with Gasteiger partial charge < -0.3 is 9.84 Å². The van der Waals surface area contributed by atoms with E-state index in [9.17, 15) is 18.3 Å². The van der Waals surface area contributed by atoms with Gasteiger partial charge in [0.2, 0.25) is 10.0 Å². The molecule has 0 aromatic heterocycles. The summed E-state index contributed by atoms with van der Waals surface area (Å²) in [5, 5.41) is 10.8. The molecule has 2 aliphatic rings. The fourth-order valence-electron chi connectivity index (χ4n) is 4.56. The van der Waals surface area contributed by atoms with Crippen molar-refractivity contribution in [3.63, 3.8) is 0 Å². The number of esters is 1. The number of aliphatic hydroxyl groups is 1. The summed E-state index contributed by atoms with van der Waals surface area (Å²) in [5.74, 6) is -0.533. The predicted molar refractivity (Wildman–Crippen MR) is 102 cm³/mol. The summed E-state index contributed by atoms with van der Waals surface area (Å²) in [7, 11) is -3.89. The van der Waals surface area contributed by atoms with Crippen LogP contribution in [0.15, 0.2) is 29.2 Å². The number of aliphatic hydroxyl groups excluding tert-OH is 1. The van der Waals surface area contributed by atoms with Gasteiger partial charge in [0.1, 0.15) is 6.04 Å². The van der Waals surface area contributed by atoms with Gasteiger partial charge in [-0.25, -0.2) is 8.42 Å². The summed E-state index contributed by atoms with van der Waals surface area (Å²) in [6.07, 6.45) is 2.58. The average molecular weight is 396 g/mol. The summed E-state index contributed by atoms with van der Waals surface area (Å²) < 4.78 is 33.6. The van der Waals surface area contributed by atoms with Crippen molar-refractivity contribution < 1.29 is 23.1 Å². The minimum atomic E-state index is -3.89. The molecule has 6 nitrogen and oxygen atoms in total. The van der Waals surface area contributed by atoms with Gasteiger partial charge >= 0.3 is 5.97 Å². The highest BCUT2D eigenvalue weighted by Crippen LogP contribution is 2.50. The Morgan fingerprint density at radius 1 is 1.26 bits per heavy atom. The Morgan fingerprint density at radius 3 is 2.52 bits per heavy atom. The van der Waals surface area contributed by atoms with Gasteiger partial charge in [-0.15, -0.1) is 0 Å². The molecule has 1 aliphatic carbocycles. The third-order valence-corrected chi connectivity index (χ3v) is 8.06. The van der Waals surface area contributed by atoms with Crippen molar-refractivity contribution in [3.05, 3.63) is 29.8 Å². The summed E-state index contributed by atoms with van der Waals surface area (Å²) in [6, 6.07) is 5.34. The smallest absolute Gasteiger partial charge is 0.324 e. The Kier molecular flexibility index (Phi) is 5.66. The van der Waals surface area contributed by atoms with E-state index in [2.05, 4.69) is 0 Å². The molecule has 0 bridgehead atoms. The molecule has 27 heavy (non-hydrogen) atoms. The first-order valence-corrected chi connectivity index (χ1v) is 11.1. The van der Waals surface area contributed by atoms with Gasteiger partial charge in [0.25, 0.3) is 0 Å². The highest BCUT2D eigenvalue weighted by molar-refractivity contribution is 7.89. The second-order valence-electron chi connectivity index (χ2n) is 7.94. The molecule has 0 unspecified atom stereocenters. The minimum absolute atomic E-state index is 0.172. The van der Waals surface area contributed by atoms with Crippen LogP contribution in [-0.2, 0) is 19.6 Å². The van der Waals surface area contributed by atoms with E-state index < -0.39 is 39.6 Å². The molecule has 150 valence electrons. The third kappa shape index (κ3) is 3.52. The molecular formula is C20H29NO5S. The molecule has 0 spiro atoms. The zero-order chi connectivity index (χ0) is 19.8. The van der Waals surface area contributed by atoms with Gasteiger partial charge in [-0.05, 0) is 45.2 Å². The Bertz CT molecular complexity index is 791. The first-order valence-electron chi connectivity index (χ1n) is 9.66. The molecule has 1 heterocycles. The van der Waals surface area contributed by atoms with Crippen LogP contribution in [0.4, 0.5) is 0 Å². The van der Waals surface area contributed by atoms with E-state index in [4.69, 9.17) is 4.74 Å². The number of fused-ring (bicyclic) bond motifs is 1. The van der Waals surface area contributed by atoms with E-state index in [0.717, 1.165) is 18.4 Å². The molecule has 1 saturated heterocycles. The second kappa shape index (κ2) is 7.53. The van der Waals surface area contributed by atoms with Gasteiger partial charge in [0, 0.05) is 11.5 Å². The molecule has 1 saturated carbocycles. The number of sulfonamides is 1. The van der Waals surface area contributed by atoms with Crippen molar-refractivity contribution in [2.24, 2.45) is 5.41 Å². The lowest BCUT2D eigenvalue weighted by molar-refractivity contribution is -0.147. The number of ether oxygens (including phenoxy) is 1. The number of carbonyl (C=O) groups excluding carboxylic acids is 1. The van der Waals surface area contributed by atoms with Crippen molar-refractivity contribution in [3.8, 4) is 0 Å². The van der Waals surface area contributed by atoms with Crippen LogP contribution >= 0.6 is 0 Å². The highest BCUT2D eigenvalue weighted by atomic mass is 32.2. The molecule has 1 aliphatic heterocycles. The molecular weight excluding hydrogens is 366 g/mol. The summed E-state index contributed by atoms with van der Waals surface area (Å²) in [4.78, 5) is 12.8. The maximum atomic E-state index is 13.5. The van der Waals surface area contributed by atoms with Crippen LogP contribution in [0.1, 0.15) is 51.5 Å². The molecule has 0 amide bonds. The Balaban J connectivity index is 2.09. The van der Waals surface area contributed by atoms with Gasteiger partial charge in [-0.1, -0.05) is 37.5 Å². The number of carbonyl (C=O) groups is 1. The molecule has 1 aromatic rings. The number of benzene rings is 1. The molecule has 3 rings (SSSR count). The number of hydrogen-bond acceptors (Lipinski definition) is 5. The van der Waals surface area contributed by atoms with Crippen LogP contribution in [0, 0.1) is 12.3 Å². The number of nitrogens with zero attached hydrogens (tertiary/aromatic N) is 1. The van der Waals surface area contributed by atoms with Gasteiger partial charge in [-0.2, -0.15) is 4.31 Å². The number of rotatable bonds is 4. The lowest BCUT2D eigenvalue weighted by Gasteiger charge is -2.36. The minimum Gasteiger partial charge on any atom is -0.465 e. The van der Waals surface area contributed by atoms with E-state index in [1.807, 2.05) is 13.8 Å². The first-order chi connectivity index (χ1) is 12.7. The molecule has 2 fully saturated rings. The molecule has 4 atom stereocenters. The SMILES string of the molecule is CCOC(=O)[C@H]1C[C@@]2(C)[C@@H](O)CCCC[C@H]2N1S(=O)(=O)c1ccc(C)cc1. The average Bonchev–Trinajstić information content (AvgIpc) is 2.86. The van der Waals surface area contributed by atoms with E-state index in [1.165, 1.54) is 4.31 Å². The number of aryl methyl sites for hydroxylation is 1. The first kappa shape index (κ1) is 20.3. The fourth-order valence-corrected chi connectivity index (χ4v) is 6.46. The maximum Gasteiger partial charge on any atom is 0.324 e. The van der Waals surface area contributed by atoms with Gasteiger partial charge in [-0.3, -0.25) is 4.79 Å². The van der Waals surface area contributed by atoms with E-state index in [0.29, 0.717) is 12.8 Å². The second-order valence-corrected chi connectivity index (χ2v) is 9.79. The van der Waals surface area contributed by atoms with E-state index in [-0.39, 0.29) is 17.9 Å². The van der Waals surface area contributed by atoms with Crippen molar-refractivity contribution in [1.82, 2.24) is 4.31 Å². The Labute approximate surface area is 161 Å². The largest absolute Gasteiger partial charge is 0.465 e. The molecule has 0 radical (unpaired) electrons. The number of hydrogen-bond donors (Lipinski definition) is 1. The summed E-state index contributed by atoms with van der Waals surface area (Å²) in [6.45, 7) is 5.70. The molecule has 1 N–H and O–H groups in total. The lowest BCUT2D eigenvalue weighted by atomic mass is 9.75. The lowest BCUT2D eigenvalue weighted by Crippen LogP contribution is -2.48. The van der Waals surface area contributed by atoms with Crippen LogP contribution in [0.2, 0.25) is 0 Å². The van der Waals surface area contributed by atoms with Gasteiger partial charge in [0.15, 0.2) is 0 Å². The van der Waals surface area contributed by atoms with E-state index in [1.54, 1.807) is 31.2 Å². The fraction of sp³-hybridized carbons (Fsp3) is 0.650. The van der Waals surface area contributed by atoms with Crippen LogP contribution in [-0.4, -0.2) is 48.6 Å². The zero-order valence-corrected chi connectivity index (χ0v) is 17.0. The van der Waals surface area contributed by atoms with Crippen molar-refractivity contribution in [1.29, 1.82) is 0 Å². The summed E-state index contributed by atoms with van der Waals surface area (Å²) >= 11 is 0. The van der Waals surface area contributed by atoms with Crippen molar-refractivity contribution in [2.75, 3.05) is 6.61 Å². The van der Waals surface area contributed by atoms with E-state index >= 15 is 0 Å². The molecule has 7 heteroatoms. The van der Waals surface area contributed by atoms with Crippen molar-refractivity contribution in [2.45, 2.75) is 76.0 Å². The van der Waals surface area contributed by atoms with Crippen molar-refractivity contribution >= 4 is 16.0 Å². The third-order valence-electron chi connectivity index (χ3n) is 6.13. The standard InChI is InChI=1S/C20H29NO5S/c1-4-26-19(23)16-13-20(3)17(7-5-6-8-18(20)22)21(16)27(24,25)15-11-9-14(2)10-12-15/h9-12,16-18,22H,4-8,13H2,1-3H3/t16-,17-,18+,20-/m1/s1. The Morgan fingerprint density at radius 2 is 1.89 bits per heavy atom. The highest BCUT2D eigenvalue weighted by Gasteiger charge is 2.59.